The number of aryl methyl sites for hydroxylation is 6. The van der Waals surface area contributed by atoms with Gasteiger partial charge in [0, 0.05) is 162 Å². The highest BCUT2D eigenvalue weighted by atomic mass is 19.1. The minimum Gasteiger partial charge on any atom is -0.342 e. The third-order valence-electron chi connectivity index (χ3n) is 26.5. The van der Waals surface area contributed by atoms with Crippen molar-refractivity contribution in [1.29, 1.82) is 0 Å². The Balaban J connectivity index is 0.000000112. The van der Waals surface area contributed by atoms with E-state index in [-0.39, 0.29) is 73.6 Å². The highest BCUT2D eigenvalue weighted by molar-refractivity contribution is 6.06. The molecule has 21 heteroatoms. The van der Waals surface area contributed by atoms with Gasteiger partial charge in [-0.1, -0.05) is 203 Å². The number of fused-ring (bicyclic) bond motifs is 5. The molecule has 620 valence electrons. The zero-order valence-corrected chi connectivity index (χ0v) is 72.7. The number of H-pyrrole nitrogens is 5. The van der Waals surface area contributed by atoms with E-state index in [1.165, 1.54) is 17.2 Å². The Morgan fingerprint density at radius 1 is 0.308 bits per heavy atom. The first kappa shape index (κ1) is 81.9. The van der Waals surface area contributed by atoms with Crippen LogP contribution in [0, 0.1) is 74.4 Å². The van der Waals surface area contributed by atoms with Gasteiger partial charge in [-0.3, -0.25) is 49.5 Å². The van der Waals surface area contributed by atoms with Crippen LogP contribution in [0.15, 0.2) is 196 Å². The number of hydrogen-bond donors (Lipinski definition) is 10. The molecule has 5 aliphatic carbocycles. The Hall–Kier alpha value is -11.9. The van der Waals surface area contributed by atoms with Gasteiger partial charge in [-0.05, 0) is 155 Å². The third kappa shape index (κ3) is 14.2. The van der Waals surface area contributed by atoms with Crippen molar-refractivity contribution in [1.82, 2.24) is 51.0 Å². The van der Waals surface area contributed by atoms with Crippen LogP contribution in [-0.4, -0.2) is 79.9 Å². The SMILES string of the molecule is Cc1[nH]nc2c1C(C)(c1ccccc1F)C1=C(CC(C)(C)CC1=O)N2.Cc1[nH]nc2c1C(c1ccccc1)C1=C(CC(C)(C)CC1=O)N2.Cc1[nH]nc2c1[C@@](C)(c1ccccc1)C1=C(CC(C)(C)CC1=O)N2.Cc1[nH]nc2c1[C@](C)(c1ccccc1)C1=C(CC(C)(C)CC1=O)N2.Cc1ccccc1[C@@H]1C2=C(CC(C)(C)CC2=O)Nc2n[nH]c(C)c21. The number of aromatic amines is 5. The van der Waals surface area contributed by atoms with Crippen LogP contribution in [0.2, 0.25) is 0 Å². The fourth-order valence-corrected chi connectivity index (χ4v) is 21.6. The molecule has 5 aromatic carbocycles. The average molecular weight is 1610 g/mol. The first-order chi connectivity index (χ1) is 56.7. The molecule has 5 aliphatic heterocycles. The molecule has 10 heterocycles. The van der Waals surface area contributed by atoms with E-state index in [2.05, 4.69) is 222 Å². The zero-order valence-electron chi connectivity index (χ0n) is 72.7. The number of nitrogens with zero attached hydrogens (tertiary/aromatic N) is 5. The number of nitrogens with one attached hydrogen (secondary N) is 10. The number of ketones is 5. The van der Waals surface area contributed by atoms with Gasteiger partial charge in [-0.2, -0.15) is 25.5 Å². The molecule has 10 aromatic rings. The Labute approximate surface area is 702 Å². The lowest BCUT2D eigenvalue weighted by Gasteiger charge is -2.43. The lowest BCUT2D eigenvalue weighted by molar-refractivity contribution is -0.119. The van der Waals surface area contributed by atoms with Crippen molar-refractivity contribution in [3.63, 3.8) is 0 Å². The second kappa shape index (κ2) is 29.8. The molecule has 0 amide bonds. The Bertz CT molecular complexity index is 5880. The number of halogens is 1. The molecule has 20 nitrogen and oxygen atoms in total. The van der Waals surface area contributed by atoms with E-state index in [0.717, 1.165) is 179 Å². The number of allylic oxidation sites excluding steroid dienone is 10. The van der Waals surface area contributed by atoms with Crippen LogP contribution in [0.4, 0.5) is 33.5 Å². The van der Waals surface area contributed by atoms with Crippen LogP contribution in [0.1, 0.15) is 256 Å². The number of rotatable bonds is 5. The van der Waals surface area contributed by atoms with E-state index in [4.69, 9.17) is 0 Å². The maximum absolute atomic E-state index is 14.8. The number of benzene rings is 5. The van der Waals surface area contributed by atoms with Crippen molar-refractivity contribution in [2.45, 2.75) is 224 Å². The summed E-state index contributed by atoms with van der Waals surface area (Å²) in [5.74, 6) is 4.84. The summed E-state index contributed by atoms with van der Waals surface area (Å²) in [5, 5.41) is 54.6. The van der Waals surface area contributed by atoms with Crippen molar-refractivity contribution in [2.24, 2.45) is 27.1 Å². The molecule has 10 N–H and O–H groups in total. The van der Waals surface area contributed by atoms with Crippen LogP contribution in [0.5, 0.6) is 0 Å². The summed E-state index contributed by atoms with van der Waals surface area (Å²) >= 11 is 0. The Morgan fingerprint density at radius 2 is 0.608 bits per heavy atom. The molecule has 10 aliphatic rings. The third-order valence-corrected chi connectivity index (χ3v) is 26.5. The van der Waals surface area contributed by atoms with Gasteiger partial charge < -0.3 is 26.6 Å². The van der Waals surface area contributed by atoms with E-state index < -0.39 is 16.2 Å². The molecule has 0 spiro atoms. The van der Waals surface area contributed by atoms with Crippen LogP contribution < -0.4 is 26.6 Å². The highest BCUT2D eigenvalue weighted by Crippen LogP contribution is 2.58. The fourth-order valence-electron chi connectivity index (χ4n) is 21.6. The molecular formula is C99H112FN15O5. The van der Waals surface area contributed by atoms with Crippen LogP contribution in [0.3, 0.4) is 0 Å². The molecule has 5 atom stereocenters. The molecule has 0 radical (unpaired) electrons. The van der Waals surface area contributed by atoms with Crippen molar-refractivity contribution in [3.8, 4) is 0 Å². The van der Waals surface area contributed by atoms with Gasteiger partial charge in [-0.15, -0.1) is 0 Å². The number of anilines is 5. The number of hydrogen-bond acceptors (Lipinski definition) is 15. The van der Waals surface area contributed by atoms with E-state index in [1.54, 1.807) is 12.1 Å². The standard InChI is InChI=1S/C20H22FN3O.3C20H23N3O.C19H21N3O/c1-11-16-18(24-23-11)22-14-9-19(2,3)10-15(25)17(14)20(16,4)12-7-5-6-8-13(12)21;1-11-7-5-6-8-13(11)17-16-12(2)22-23-19(16)21-14-9-20(3,4)10-15(24)18(14)17;2*1-12-16-18(23-22-12)21-14-10-19(2,3)11-15(24)17(14)20(16,4)13-8-6-5-7-9-13;1-11-15-16(12-7-5-4-6-8-12)17-13(20-18(15)22-21-11)9-19(2,3)10-14(17)23/h5-8H,9-10H2,1-4H3,(H2,22,23,24);5-8,17H,9-10H2,1-4H3,(H2,21,22,23);2*5-9H,10-11H2,1-4H3,(H2,21,22,23);4-8,16H,9-10H2,1-3H3,(H2,20,21,22)/t;17-;2*20-;/m.010./s1. The summed E-state index contributed by atoms with van der Waals surface area (Å²) < 4.78 is 14.8. The number of carbonyl (C=O) groups excluding carboxylic acids is 5. The van der Waals surface area contributed by atoms with E-state index in [1.807, 2.05) is 108 Å². The molecule has 2 unspecified atom stereocenters. The molecule has 0 fully saturated rings. The molecule has 0 saturated carbocycles. The average Bonchev–Trinajstić information content (AvgIpc) is 1.35. The Morgan fingerprint density at radius 3 is 1.01 bits per heavy atom. The van der Waals surface area contributed by atoms with Gasteiger partial charge in [-0.25, -0.2) is 4.39 Å². The van der Waals surface area contributed by atoms with Crippen molar-refractivity contribution < 1.29 is 28.4 Å². The predicted molar refractivity (Wildman–Crippen MR) is 470 cm³/mol. The zero-order chi connectivity index (χ0) is 85.5. The van der Waals surface area contributed by atoms with Gasteiger partial charge in [0.25, 0.3) is 0 Å². The van der Waals surface area contributed by atoms with Crippen LogP contribution >= 0.6 is 0 Å². The number of carbonyl (C=O) groups is 5. The van der Waals surface area contributed by atoms with Crippen LogP contribution in [0.25, 0.3) is 0 Å². The predicted octanol–water partition coefficient (Wildman–Crippen LogP) is 20.6. The Kier molecular flexibility index (Phi) is 20.3. The smallest absolute Gasteiger partial charge is 0.162 e. The summed E-state index contributed by atoms with van der Waals surface area (Å²) in [5.41, 5.74) is 23.8. The van der Waals surface area contributed by atoms with E-state index in [9.17, 15) is 28.4 Å². The van der Waals surface area contributed by atoms with Gasteiger partial charge in [0.15, 0.2) is 58.0 Å². The van der Waals surface area contributed by atoms with Crippen molar-refractivity contribution >= 4 is 58.0 Å². The lowest BCUT2D eigenvalue weighted by Crippen LogP contribution is -2.42. The van der Waals surface area contributed by atoms with Crippen LogP contribution in [-0.2, 0) is 40.2 Å². The summed E-state index contributed by atoms with van der Waals surface area (Å²) in [6.45, 7) is 39.8. The normalized spacial score (nSPS) is 23.9. The second-order valence-corrected chi connectivity index (χ2v) is 39.3. The summed E-state index contributed by atoms with van der Waals surface area (Å²) in [7, 11) is 0. The van der Waals surface area contributed by atoms with Gasteiger partial charge in [0.1, 0.15) is 5.82 Å². The lowest BCUT2D eigenvalue weighted by atomic mass is 9.61. The van der Waals surface area contributed by atoms with Gasteiger partial charge in [0.05, 0.1) is 16.2 Å². The minimum atomic E-state index is -0.855. The van der Waals surface area contributed by atoms with E-state index >= 15 is 0 Å². The molecule has 0 saturated heterocycles. The number of aromatic nitrogens is 10. The van der Waals surface area contributed by atoms with Crippen molar-refractivity contribution in [2.75, 3.05) is 26.6 Å². The molecule has 120 heavy (non-hydrogen) atoms. The van der Waals surface area contributed by atoms with E-state index in [0.29, 0.717) is 49.1 Å². The first-order valence-corrected chi connectivity index (χ1v) is 42.1. The maximum Gasteiger partial charge on any atom is 0.162 e. The fraction of sp³-hybridized carbons (Fsp3) is 0.394. The van der Waals surface area contributed by atoms with Gasteiger partial charge >= 0.3 is 0 Å². The summed E-state index contributed by atoms with van der Waals surface area (Å²) in [6.07, 6.45) is 7.05. The molecule has 0 bridgehead atoms. The maximum atomic E-state index is 14.8. The topological polar surface area (TPSA) is 289 Å². The monoisotopic (exact) mass is 1610 g/mol. The summed E-state index contributed by atoms with van der Waals surface area (Å²) in [4.78, 5) is 65.4. The summed E-state index contributed by atoms with van der Waals surface area (Å²) in [6, 6.07) is 46.0. The molecular weight excluding hydrogens is 1500 g/mol. The first-order valence-electron chi connectivity index (χ1n) is 42.1. The highest BCUT2D eigenvalue weighted by Gasteiger charge is 2.54. The number of Topliss-reactive ketones (excluding diaryl/α,β-unsaturated/α-hetero) is 5. The van der Waals surface area contributed by atoms with Gasteiger partial charge in [0.2, 0.25) is 0 Å². The van der Waals surface area contributed by atoms with Crippen molar-refractivity contribution in [3.05, 3.63) is 291 Å². The molecule has 20 rings (SSSR count). The largest absolute Gasteiger partial charge is 0.342 e. The second-order valence-electron chi connectivity index (χ2n) is 39.3. The minimum absolute atomic E-state index is 0.00693. The quantitative estimate of drug-likeness (QED) is 0.0766. The molecule has 5 aromatic heterocycles.